The third kappa shape index (κ3) is 6.14. The fourth-order valence-electron chi connectivity index (χ4n) is 3.58. The van der Waals surface area contributed by atoms with Crippen LogP contribution in [-0.4, -0.2) is 42.7 Å². The van der Waals surface area contributed by atoms with Gasteiger partial charge in [-0.05, 0) is 65.4 Å². The van der Waals surface area contributed by atoms with Crippen LogP contribution >= 0.6 is 12.4 Å². The minimum atomic E-state index is -0.673. The molecule has 1 amide bonds. The molecular formula is C27H24ClN3O6. The number of hydrogen-bond acceptors (Lipinski definition) is 7. The lowest BCUT2D eigenvalue weighted by Crippen LogP contribution is -2.26. The molecule has 3 N–H and O–H groups in total. The van der Waals surface area contributed by atoms with Gasteiger partial charge in [-0.3, -0.25) is 10.2 Å². The number of ether oxygens (including phenoxy) is 2. The van der Waals surface area contributed by atoms with Crippen molar-refractivity contribution < 1.29 is 28.3 Å². The summed E-state index contributed by atoms with van der Waals surface area (Å²) in [6.45, 7) is 0.124. The molecule has 190 valence electrons. The molecule has 37 heavy (non-hydrogen) atoms. The van der Waals surface area contributed by atoms with E-state index >= 15 is 0 Å². The van der Waals surface area contributed by atoms with Crippen LogP contribution in [0.4, 0.5) is 0 Å². The van der Waals surface area contributed by atoms with Gasteiger partial charge in [0.1, 0.15) is 17.3 Å². The lowest BCUT2D eigenvalue weighted by atomic mass is 10.1. The van der Waals surface area contributed by atoms with Crippen molar-refractivity contribution in [2.45, 2.75) is 6.54 Å². The van der Waals surface area contributed by atoms with E-state index in [0.717, 1.165) is 10.8 Å². The molecule has 0 spiro atoms. The summed E-state index contributed by atoms with van der Waals surface area (Å²) in [6.07, 6.45) is 0. The van der Waals surface area contributed by atoms with Crippen LogP contribution in [0.5, 0.6) is 5.75 Å². The van der Waals surface area contributed by atoms with Crippen LogP contribution in [-0.2, 0) is 11.3 Å². The Bertz CT molecular complexity index is 1480. The number of furan rings is 1. The predicted molar refractivity (Wildman–Crippen MR) is 139 cm³/mol. The molecule has 0 radical (unpaired) electrons. The monoisotopic (exact) mass is 521 g/mol. The maximum atomic E-state index is 12.7. The highest BCUT2D eigenvalue weighted by atomic mass is 35.5. The van der Waals surface area contributed by atoms with Crippen molar-refractivity contribution in [3.05, 3.63) is 101 Å². The number of halogens is 1. The number of benzene rings is 3. The Labute approximate surface area is 218 Å². The van der Waals surface area contributed by atoms with Gasteiger partial charge in [0.25, 0.3) is 5.91 Å². The molecule has 0 aliphatic heterocycles. The summed E-state index contributed by atoms with van der Waals surface area (Å²) in [5.41, 5.74) is 6.88. The zero-order valence-electron chi connectivity index (χ0n) is 20.0. The number of fused-ring (bicyclic) bond motifs is 1. The van der Waals surface area contributed by atoms with Gasteiger partial charge < -0.3 is 24.5 Å². The molecule has 3 aromatic carbocycles. The van der Waals surface area contributed by atoms with Crippen molar-refractivity contribution >= 4 is 46.9 Å². The van der Waals surface area contributed by atoms with Gasteiger partial charge in [-0.25, -0.2) is 9.59 Å². The van der Waals surface area contributed by atoms with Gasteiger partial charge in [0.15, 0.2) is 0 Å². The smallest absolute Gasteiger partial charge is 0.379 e. The Morgan fingerprint density at radius 3 is 2.16 bits per heavy atom. The van der Waals surface area contributed by atoms with E-state index in [1.165, 1.54) is 30.2 Å². The van der Waals surface area contributed by atoms with E-state index in [2.05, 4.69) is 4.74 Å². The first-order valence-electron chi connectivity index (χ1n) is 10.9. The molecule has 0 fully saturated rings. The average molecular weight is 522 g/mol. The van der Waals surface area contributed by atoms with Gasteiger partial charge in [-0.15, -0.1) is 12.4 Å². The number of amidine groups is 1. The molecule has 0 unspecified atom stereocenters. The van der Waals surface area contributed by atoms with Crippen LogP contribution in [0.15, 0.2) is 77.2 Å². The van der Waals surface area contributed by atoms with Gasteiger partial charge >= 0.3 is 11.9 Å². The topological polar surface area (TPSA) is 136 Å². The van der Waals surface area contributed by atoms with Crippen molar-refractivity contribution in [1.82, 2.24) is 4.90 Å². The number of nitrogens with one attached hydrogen (secondary N) is 1. The van der Waals surface area contributed by atoms with Crippen molar-refractivity contribution in [2.75, 3.05) is 14.2 Å². The number of nitrogens with two attached hydrogens (primary N) is 1. The molecule has 0 aliphatic carbocycles. The van der Waals surface area contributed by atoms with Crippen LogP contribution in [0.3, 0.4) is 0 Å². The minimum Gasteiger partial charge on any atom is -0.465 e. The largest absolute Gasteiger partial charge is 0.465 e. The van der Waals surface area contributed by atoms with E-state index in [-0.39, 0.29) is 36.5 Å². The standard InChI is InChI=1S/C27H23N3O6.ClH/c1-30(25(31)16-3-5-17(6-4-16)26(32)34-2)15-22-11-12-23(35-22)27(33)36-21-10-9-18-13-20(24(28)29)8-7-19(18)14-21;/h3-14H,15H2,1-2H3,(H3,28,29);1H. The number of nitrogen functional groups attached to an aromatic ring is 1. The van der Waals surface area contributed by atoms with E-state index in [4.69, 9.17) is 20.3 Å². The fraction of sp³-hybridized carbons (Fsp3) is 0.111. The zero-order valence-corrected chi connectivity index (χ0v) is 20.8. The number of rotatable bonds is 7. The molecule has 0 saturated carbocycles. The van der Waals surface area contributed by atoms with E-state index < -0.39 is 11.9 Å². The van der Waals surface area contributed by atoms with Crippen LogP contribution in [0, 0.1) is 5.41 Å². The van der Waals surface area contributed by atoms with E-state index in [1.807, 2.05) is 0 Å². The van der Waals surface area contributed by atoms with Gasteiger partial charge in [-0.2, -0.15) is 0 Å². The number of nitrogens with zero attached hydrogens (tertiary/aromatic N) is 1. The molecular weight excluding hydrogens is 498 g/mol. The number of carbonyl (C=O) groups excluding carboxylic acids is 3. The maximum Gasteiger partial charge on any atom is 0.379 e. The first-order valence-corrected chi connectivity index (χ1v) is 10.9. The van der Waals surface area contributed by atoms with E-state index in [1.54, 1.807) is 61.6 Å². The second kappa shape index (κ2) is 11.4. The molecule has 0 aliphatic rings. The average Bonchev–Trinajstić information content (AvgIpc) is 3.36. The quantitative estimate of drug-likeness (QED) is 0.159. The summed E-state index contributed by atoms with van der Waals surface area (Å²) < 4.78 is 15.7. The van der Waals surface area contributed by atoms with Crippen molar-refractivity contribution in [1.29, 1.82) is 5.41 Å². The van der Waals surface area contributed by atoms with E-state index in [9.17, 15) is 14.4 Å². The normalized spacial score (nSPS) is 10.3. The lowest BCUT2D eigenvalue weighted by Gasteiger charge is -2.16. The number of carbonyl (C=O) groups is 3. The molecule has 0 bridgehead atoms. The number of amides is 1. The molecule has 4 rings (SSSR count). The predicted octanol–water partition coefficient (Wildman–Crippen LogP) is 4.42. The van der Waals surface area contributed by atoms with Gasteiger partial charge in [0, 0.05) is 18.2 Å². The summed E-state index contributed by atoms with van der Waals surface area (Å²) in [5, 5.41) is 9.22. The van der Waals surface area contributed by atoms with Gasteiger partial charge in [0.2, 0.25) is 5.76 Å². The molecule has 1 heterocycles. The first kappa shape index (κ1) is 27.0. The highest BCUT2D eigenvalue weighted by Gasteiger charge is 2.18. The summed E-state index contributed by atoms with van der Waals surface area (Å²) in [6, 6.07) is 19.6. The lowest BCUT2D eigenvalue weighted by molar-refractivity contribution is 0.0599. The molecule has 0 saturated heterocycles. The van der Waals surface area contributed by atoms with Crippen molar-refractivity contribution in [3.63, 3.8) is 0 Å². The Morgan fingerprint density at radius 2 is 1.49 bits per heavy atom. The second-order valence-electron chi connectivity index (χ2n) is 8.02. The molecule has 1 aromatic heterocycles. The highest BCUT2D eigenvalue weighted by molar-refractivity contribution is 5.99. The molecule has 10 heteroatoms. The summed E-state index contributed by atoms with van der Waals surface area (Å²) >= 11 is 0. The highest BCUT2D eigenvalue weighted by Crippen LogP contribution is 2.23. The third-order valence-corrected chi connectivity index (χ3v) is 5.49. The van der Waals surface area contributed by atoms with Gasteiger partial charge in [0.05, 0.1) is 19.2 Å². The summed E-state index contributed by atoms with van der Waals surface area (Å²) in [4.78, 5) is 38.3. The third-order valence-electron chi connectivity index (χ3n) is 5.49. The number of hydrogen-bond donors (Lipinski definition) is 2. The van der Waals surface area contributed by atoms with Crippen LogP contribution in [0.1, 0.15) is 42.6 Å². The Hall–Kier alpha value is -4.63. The fourth-order valence-corrected chi connectivity index (χ4v) is 3.58. The Balaban J connectivity index is 0.00000380. The minimum absolute atomic E-state index is 0. The molecule has 9 nitrogen and oxygen atoms in total. The molecule has 4 aromatic rings. The summed E-state index contributed by atoms with van der Waals surface area (Å²) in [5.74, 6) is -0.722. The van der Waals surface area contributed by atoms with Crippen molar-refractivity contribution in [2.24, 2.45) is 5.73 Å². The summed E-state index contributed by atoms with van der Waals surface area (Å²) in [7, 11) is 2.89. The van der Waals surface area contributed by atoms with Crippen LogP contribution < -0.4 is 10.5 Å². The second-order valence-corrected chi connectivity index (χ2v) is 8.02. The maximum absolute atomic E-state index is 12.7. The Morgan fingerprint density at radius 1 is 0.865 bits per heavy atom. The van der Waals surface area contributed by atoms with Gasteiger partial charge in [-0.1, -0.05) is 18.2 Å². The first-order chi connectivity index (χ1) is 17.2. The van der Waals surface area contributed by atoms with Crippen LogP contribution in [0.2, 0.25) is 0 Å². The number of esters is 2. The van der Waals surface area contributed by atoms with E-state index in [0.29, 0.717) is 28.2 Å². The van der Waals surface area contributed by atoms with Crippen LogP contribution in [0.25, 0.3) is 10.8 Å². The van der Waals surface area contributed by atoms with Crippen molar-refractivity contribution in [3.8, 4) is 5.75 Å². The molecule has 0 atom stereocenters. The Kier molecular flexibility index (Phi) is 8.31. The zero-order chi connectivity index (χ0) is 25.8. The number of methoxy groups -OCH3 is 1. The SMILES string of the molecule is COC(=O)c1ccc(C(=O)N(C)Cc2ccc(C(=O)Oc3ccc4cc(C(=N)N)ccc4c3)o2)cc1.Cl.